The van der Waals surface area contributed by atoms with Gasteiger partial charge >= 0.3 is 5.97 Å². The van der Waals surface area contributed by atoms with Crippen LogP contribution in [0.2, 0.25) is 0 Å². The van der Waals surface area contributed by atoms with Gasteiger partial charge in [0.05, 0.1) is 28.8 Å². The third-order valence-corrected chi connectivity index (χ3v) is 8.57. The molecule has 14 heteroatoms. The van der Waals surface area contributed by atoms with E-state index in [0.717, 1.165) is 16.1 Å². The maximum absolute atomic E-state index is 14.4. The van der Waals surface area contributed by atoms with Crippen LogP contribution in [0, 0.1) is 12.3 Å². The molecule has 2 aliphatic rings. The lowest BCUT2D eigenvalue weighted by molar-refractivity contribution is -0.145. The summed E-state index contributed by atoms with van der Waals surface area (Å²) in [6, 6.07) is 3.37. The van der Waals surface area contributed by atoms with Crippen LogP contribution in [0.1, 0.15) is 51.3 Å². The Morgan fingerprint density at radius 2 is 1.95 bits per heavy atom. The molecule has 4 N–H and O–H groups in total. The number of aliphatic hydroxyl groups is 1. The molecular weight excluding hydrogens is 595 g/mol. The van der Waals surface area contributed by atoms with E-state index in [2.05, 4.69) is 15.6 Å². The number of ether oxygens (including phenoxy) is 2. The lowest BCUT2D eigenvalue weighted by atomic mass is 9.85. The number of rotatable bonds is 13. The zero-order valence-corrected chi connectivity index (χ0v) is 26.0. The number of amides is 3. The summed E-state index contributed by atoms with van der Waals surface area (Å²) in [6.07, 6.45) is -0.746. The second-order valence-corrected chi connectivity index (χ2v) is 13.1. The number of nitrogens with zero attached hydrogens (tertiary/aromatic N) is 2. The molecule has 3 atom stereocenters. The predicted octanol–water partition coefficient (Wildman–Crippen LogP) is 2.21. The van der Waals surface area contributed by atoms with E-state index in [1.54, 1.807) is 32.3 Å². The van der Waals surface area contributed by atoms with Gasteiger partial charge in [0.25, 0.3) is 5.91 Å². The highest BCUT2D eigenvalue weighted by atomic mass is 32.1. The van der Waals surface area contributed by atoms with Crippen molar-refractivity contribution in [3.05, 3.63) is 35.0 Å². The van der Waals surface area contributed by atoms with Crippen molar-refractivity contribution >= 4 is 35.0 Å². The van der Waals surface area contributed by atoms with Crippen LogP contribution in [0.4, 0.5) is 4.39 Å². The predicted molar refractivity (Wildman–Crippen MR) is 159 cm³/mol. The number of β-amino-alcohol motifs (C(OH)–C–C–N with tert-alkyl or cyclic N) is 1. The van der Waals surface area contributed by atoms with Gasteiger partial charge in [-0.15, -0.1) is 11.3 Å². The van der Waals surface area contributed by atoms with Crippen molar-refractivity contribution in [3.63, 3.8) is 0 Å². The van der Waals surface area contributed by atoms with E-state index in [4.69, 9.17) is 14.6 Å². The molecule has 3 amide bonds. The lowest BCUT2D eigenvalue weighted by Crippen LogP contribution is -2.59. The normalized spacial score (nSPS) is 19.7. The summed E-state index contributed by atoms with van der Waals surface area (Å²) in [5.41, 5.74) is 1.30. The first-order chi connectivity index (χ1) is 20.7. The largest absolute Gasteiger partial charge is 0.491 e. The highest BCUT2D eigenvalue weighted by molar-refractivity contribution is 7.13. The molecule has 1 saturated heterocycles. The van der Waals surface area contributed by atoms with Gasteiger partial charge in [0, 0.05) is 25.1 Å². The van der Waals surface area contributed by atoms with E-state index in [-0.39, 0.29) is 45.6 Å². The first-order valence-corrected chi connectivity index (χ1v) is 15.3. The number of alkyl halides is 1. The average molecular weight is 635 g/mol. The summed E-state index contributed by atoms with van der Waals surface area (Å²) in [6.45, 7) is 6.68. The second kappa shape index (κ2) is 13.6. The number of hydrogen-bond donors (Lipinski definition) is 4. The van der Waals surface area contributed by atoms with Crippen LogP contribution >= 0.6 is 11.3 Å². The van der Waals surface area contributed by atoms with Crippen molar-refractivity contribution in [1.82, 2.24) is 20.5 Å². The number of aromatic nitrogens is 1. The lowest BCUT2D eigenvalue weighted by Gasteiger charge is -2.35. The summed E-state index contributed by atoms with van der Waals surface area (Å²) in [4.78, 5) is 56.8. The molecule has 0 radical (unpaired) electrons. The molecule has 1 aromatic heterocycles. The molecule has 12 nitrogen and oxygen atoms in total. The molecule has 44 heavy (non-hydrogen) atoms. The molecule has 2 heterocycles. The number of aryl methyl sites for hydroxylation is 1. The van der Waals surface area contributed by atoms with Crippen molar-refractivity contribution in [1.29, 1.82) is 0 Å². The Morgan fingerprint density at radius 1 is 1.23 bits per heavy atom. The standard InChI is InChI=1S/C30H39FN4O8S/c1-17-24(44-16-33-17)18-5-6-19(22(11-18)43-10-9-42-15-23(37)38)13-32-26(39)21-12-20(36)14-35(21)27(40)25(29(2,3)4)34-28(41)30(31)7-8-30/h5-6,11,16,20-21,25,36H,7-10,12-15H2,1-4H3,(H,32,39)(H,34,41)(H,37,38)/t20-,21+,25-/m1/s1. The summed E-state index contributed by atoms with van der Waals surface area (Å²) < 4.78 is 25.4. The summed E-state index contributed by atoms with van der Waals surface area (Å²) in [7, 11) is 0. The number of likely N-dealkylation sites (tertiary alicyclic amines) is 1. The first kappa shape index (κ1) is 33.3. The van der Waals surface area contributed by atoms with Crippen LogP contribution in [-0.4, -0.2) is 94.0 Å². The van der Waals surface area contributed by atoms with Crippen LogP contribution in [0.3, 0.4) is 0 Å². The SMILES string of the molecule is Cc1ncsc1-c1ccc(CNC(=O)[C@@H]2C[C@@H](O)CN2C(=O)[C@@H](NC(=O)C2(F)CC2)C(C)(C)C)c(OCCOCC(=O)O)c1. The topological polar surface area (TPSA) is 167 Å². The Bertz CT molecular complexity index is 1390. The van der Waals surface area contributed by atoms with Gasteiger partial charge < -0.3 is 35.2 Å². The van der Waals surface area contributed by atoms with Crippen molar-refractivity contribution in [3.8, 4) is 16.2 Å². The van der Waals surface area contributed by atoms with Crippen molar-refractivity contribution in [2.75, 3.05) is 26.4 Å². The quantitative estimate of drug-likeness (QED) is 0.242. The van der Waals surface area contributed by atoms with Gasteiger partial charge in [-0.3, -0.25) is 14.4 Å². The van der Waals surface area contributed by atoms with Crippen LogP contribution in [0.5, 0.6) is 5.75 Å². The number of carboxylic acid groups (broad SMARTS) is 1. The second-order valence-electron chi connectivity index (χ2n) is 12.2. The molecule has 2 aromatic rings. The number of halogens is 1. The van der Waals surface area contributed by atoms with E-state index in [0.29, 0.717) is 11.3 Å². The Kier molecular flexibility index (Phi) is 10.3. The molecule has 0 unspecified atom stereocenters. The zero-order valence-electron chi connectivity index (χ0n) is 25.2. The first-order valence-electron chi connectivity index (χ1n) is 14.4. The fourth-order valence-corrected chi connectivity index (χ4v) is 5.75. The number of benzene rings is 1. The van der Waals surface area contributed by atoms with Gasteiger partial charge in [0.2, 0.25) is 11.8 Å². The molecule has 240 valence electrons. The Morgan fingerprint density at radius 3 is 2.57 bits per heavy atom. The number of hydrogen-bond acceptors (Lipinski definition) is 9. The van der Waals surface area contributed by atoms with E-state index in [1.807, 2.05) is 19.1 Å². The molecular formula is C30H39FN4O8S. The maximum Gasteiger partial charge on any atom is 0.329 e. The summed E-state index contributed by atoms with van der Waals surface area (Å²) in [5.74, 6) is -2.56. The maximum atomic E-state index is 14.4. The van der Waals surface area contributed by atoms with Gasteiger partial charge in [0.15, 0.2) is 5.67 Å². The number of aliphatic hydroxyl groups excluding tert-OH is 1. The molecule has 1 aliphatic carbocycles. The smallest absolute Gasteiger partial charge is 0.329 e. The number of carbonyl (C=O) groups excluding carboxylic acids is 3. The highest BCUT2D eigenvalue weighted by Crippen LogP contribution is 2.40. The van der Waals surface area contributed by atoms with Crippen LogP contribution in [0.25, 0.3) is 10.4 Å². The van der Waals surface area contributed by atoms with Crippen molar-refractivity contribution in [2.45, 2.75) is 77.4 Å². The van der Waals surface area contributed by atoms with Crippen molar-refractivity contribution < 1.29 is 43.3 Å². The molecule has 0 bridgehead atoms. The van der Waals surface area contributed by atoms with E-state index in [9.17, 15) is 28.7 Å². The van der Waals surface area contributed by atoms with Gasteiger partial charge in [0.1, 0.15) is 31.0 Å². The third kappa shape index (κ3) is 8.10. The number of carbonyl (C=O) groups is 4. The third-order valence-electron chi connectivity index (χ3n) is 7.59. The molecule has 1 saturated carbocycles. The Labute approximate surface area is 258 Å². The summed E-state index contributed by atoms with van der Waals surface area (Å²) >= 11 is 1.47. The van der Waals surface area contributed by atoms with Crippen LogP contribution in [0.15, 0.2) is 23.7 Å². The Balaban J connectivity index is 1.47. The van der Waals surface area contributed by atoms with Gasteiger partial charge in [-0.2, -0.15) is 0 Å². The van der Waals surface area contributed by atoms with Crippen LogP contribution in [-0.2, 0) is 30.5 Å². The van der Waals surface area contributed by atoms with Gasteiger partial charge in [-0.1, -0.05) is 32.9 Å². The fourth-order valence-electron chi connectivity index (χ4n) is 4.94. The average Bonchev–Trinajstić information content (AvgIpc) is 3.36. The molecule has 1 aromatic carbocycles. The fraction of sp³-hybridized carbons (Fsp3) is 0.567. The Hall–Kier alpha value is -3.62. The minimum atomic E-state index is -1.97. The van der Waals surface area contributed by atoms with Gasteiger partial charge in [-0.05, 0) is 36.8 Å². The highest BCUT2D eigenvalue weighted by Gasteiger charge is 2.53. The monoisotopic (exact) mass is 634 g/mol. The van der Waals surface area contributed by atoms with E-state index < -0.39 is 59.6 Å². The molecule has 4 rings (SSSR count). The molecule has 0 spiro atoms. The molecule has 2 fully saturated rings. The molecule has 1 aliphatic heterocycles. The summed E-state index contributed by atoms with van der Waals surface area (Å²) in [5, 5.41) is 24.6. The number of carboxylic acids is 1. The minimum Gasteiger partial charge on any atom is -0.491 e. The van der Waals surface area contributed by atoms with E-state index >= 15 is 0 Å². The van der Waals surface area contributed by atoms with E-state index in [1.165, 1.54) is 16.2 Å². The number of nitrogens with one attached hydrogen (secondary N) is 2. The number of aliphatic carboxylic acids is 1. The van der Waals surface area contributed by atoms with Crippen molar-refractivity contribution in [2.24, 2.45) is 5.41 Å². The zero-order chi connectivity index (χ0) is 32.2. The number of thiazole rings is 1. The van der Waals surface area contributed by atoms with Crippen LogP contribution < -0.4 is 15.4 Å². The van der Waals surface area contributed by atoms with Gasteiger partial charge in [-0.25, -0.2) is 14.2 Å². The minimum absolute atomic E-state index is 0.00327.